The Bertz CT molecular complexity index is 1000. The van der Waals surface area contributed by atoms with Crippen LogP contribution in [0.2, 0.25) is 0 Å². The number of benzene rings is 1. The Balaban J connectivity index is 1.40. The molecule has 0 bridgehead atoms. The normalized spacial score (nSPS) is 27.1. The Morgan fingerprint density at radius 1 is 1.10 bits per heavy atom. The predicted octanol–water partition coefficient (Wildman–Crippen LogP) is 4.82. The van der Waals surface area contributed by atoms with Gasteiger partial charge in [-0.05, 0) is 58.3 Å². The number of anilines is 1. The number of nitrogens with one attached hydrogen (secondary N) is 2. The molecule has 12 heteroatoms. The second kappa shape index (κ2) is 15.4. The number of hydrogen-bond acceptors (Lipinski definition) is 10. The van der Waals surface area contributed by atoms with E-state index < -0.39 is 40.9 Å². The SMILES string of the molecule is CCCCCCCOC[C@@]12O[C@@H](CNCCN3CCCCC3)[C@@H](OC(=O)Nc3ccc([N+](=O)[O-])cc3)[C@@H]1OC(C)(C)O2. The number of non-ortho nitro benzene ring substituents is 1. The predicted molar refractivity (Wildman–Crippen MR) is 157 cm³/mol. The second-order valence-electron chi connectivity index (χ2n) is 11.9. The molecule has 3 aliphatic rings. The zero-order valence-electron chi connectivity index (χ0n) is 25.3. The van der Waals surface area contributed by atoms with Crippen LogP contribution in [0.4, 0.5) is 16.2 Å². The molecule has 3 heterocycles. The Kier molecular flexibility index (Phi) is 11.9. The molecule has 42 heavy (non-hydrogen) atoms. The van der Waals surface area contributed by atoms with Crippen LogP contribution in [0.25, 0.3) is 0 Å². The molecule has 3 aliphatic heterocycles. The summed E-state index contributed by atoms with van der Waals surface area (Å²) in [4.78, 5) is 26.0. The number of likely N-dealkylation sites (tertiary alicyclic amines) is 1. The molecular formula is C30H48N4O8. The van der Waals surface area contributed by atoms with Crippen LogP contribution in [0.5, 0.6) is 0 Å². The molecule has 1 amide bonds. The zero-order valence-corrected chi connectivity index (χ0v) is 25.3. The van der Waals surface area contributed by atoms with Gasteiger partial charge in [0.15, 0.2) is 18.0 Å². The average molecular weight is 593 g/mol. The van der Waals surface area contributed by atoms with E-state index in [1.54, 1.807) is 13.8 Å². The fourth-order valence-corrected chi connectivity index (χ4v) is 5.89. The maximum Gasteiger partial charge on any atom is 0.412 e. The highest BCUT2D eigenvalue weighted by Crippen LogP contribution is 2.46. The Labute approximate surface area is 248 Å². The van der Waals surface area contributed by atoms with Gasteiger partial charge in [0, 0.05) is 44.1 Å². The highest BCUT2D eigenvalue weighted by atomic mass is 16.9. The summed E-state index contributed by atoms with van der Waals surface area (Å²) < 4.78 is 31.1. The van der Waals surface area contributed by atoms with E-state index in [2.05, 4.69) is 22.5 Å². The smallest absolute Gasteiger partial charge is 0.412 e. The van der Waals surface area contributed by atoms with Gasteiger partial charge in [0.2, 0.25) is 5.79 Å². The molecule has 0 unspecified atom stereocenters. The summed E-state index contributed by atoms with van der Waals surface area (Å²) in [7, 11) is 0. The number of unbranched alkanes of at least 4 members (excludes halogenated alkanes) is 4. The molecule has 0 radical (unpaired) electrons. The zero-order chi connectivity index (χ0) is 30.0. The highest BCUT2D eigenvalue weighted by Gasteiger charge is 2.66. The van der Waals surface area contributed by atoms with E-state index in [-0.39, 0.29) is 12.3 Å². The molecule has 2 N–H and O–H groups in total. The van der Waals surface area contributed by atoms with Gasteiger partial charge >= 0.3 is 6.09 Å². The molecule has 4 rings (SSSR count). The molecule has 1 aromatic rings. The Hall–Kier alpha value is -2.35. The van der Waals surface area contributed by atoms with Crippen LogP contribution in [0.3, 0.4) is 0 Å². The molecule has 0 spiro atoms. The molecular weight excluding hydrogens is 544 g/mol. The molecule has 0 saturated carbocycles. The monoisotopic (exact) mass is 592 g/mol. The van der Waals surface area contributed by atoms with Crippen LogP contribution in [-0.4, -0.2) is 91.7 Å². The van der Waals surface area contributed by atoms with Crippen molar-refractivity contribution in [2.45, 2.75) is 102 Å². The maximum atomic E-state index is 13.0. The van der Waals surface area contributed by atoms with E-state index >= 15 is 0 Å². The van der Waals surface area contributed by atoms with Gasteiger partial charge in [-0.2, -0.15) is 0 Å². The first kappa shape index (κ1) is 32.6. The van der Waals surface area contributed by atoms with Gasteiger partial charge in [-0.25, -0.2) is 4.79 Å². The minimum Gasteiger partial charge on any atom is -0.440 e. The van der Waals surface area contributed by atoms with Crippen molar-refractivity contribution in [1.29, 1.82) is 0 Å². The molecule has 12 nitrogen and oxygen atoms in total. The van der Waals surface area contributed by atoms with Crippen LogP contribution in [0, 0.1) is 10.1 Å². The first-order valence-electron chi connectivity index (χ1n) is 15.5. The first-order valence-corrected chi connectivity index (χ1v) is 15.5. The minimum atomic E-state index is -1.22. The van der Waals surface area contributed by atoms with E-state index in [9.17, 15) is 14.9 Å². The standard InChI is InChI=1S/C30H48N4O8/c1-4-5-6-7-11-20-38-22-30-27(41-29(2,3)42-30)26(25(40-30)21-31-16-19-33-17-9-8-10-18-33)39-28(35)32-23-12-14-24(15-13-23)34(36)37/h12-15,25-27,31H,4-11,16-22H2,1-3H3,(H,32,35)/t25-,26+,27-,30-/m0/s1. The molecule has 1 aromatic carbocycles. The summed E-state index contributed by atoms with van der Waals surface area (Å²) in [6, 6.07) is 5.57. The van der Waals surface area contributed by atoms with Gasteiger partial charge in [-0.1, -0.05) is 39.0 Å². The van der Waals surface area contributed by atoms with Crippen LogP contribution >= 0.6 is 0 Å². The number of rotatable bonds is 16. The topological polar surface area (TPSA) is 134 Å². The molecule has 0 aromatic heterocycles. The van der Waals surface area contributed by atoms with Crippen LogP contribution in [0.1, 0.15) is 72.1 Å². The van der Waals surface area contributed by atoms with Crippen molar-refractivity contribution in [2.24, 2.45) is 0 Å². The summed E-state index contributed by atoms with van der Waals surface area (Å²) in [5, 5.41) is 17.1. The van der Waals surface area contributed by atoms with Crippen molar-refractivity contribution < 1.29 is 33.4 Å². The van der Waals surface area contributed by atoms with Crippen molar-refractivity contribution in [1.82, 2.24) is 10.2 Å². The van der Waals surface area contributed by atoms with Gasteiger partial charge in [0.25, 0.3) is 5.69 Å². The van der Waals surface area contributed by atoms with Gasteiger partial charge in [0.05, 0.1) is 4.92 Å². The summed E-state index contributed by atoms with van der Waals surface area (Å²) >= 11 is 0. The number of hydrogen-bond donors (Lipinski definition) is 2. The van der Waals surface area contributed by atoms with Crippen molar-refractivity contribution in [3.63, 3.8) is 0 Å². The summed E-state index contributed by atoms with van der Waals surface area (Å²) in [5.74, 6) is -2.18. The third kappa shape index (κ3) is 9.08. The number of ether oxygens (including phenoxy) is 5. The molecule has 0 aliphatic carbocycles. The molecule has 3 saturated heterocycles. The van der Waals surface area contributed by atoms with Crippen LogP contribution < -0.4 is 10.6 Å². The summed E-state index contributed by atoms with van der Waals surface area (Å²) in [5.41, 5.74) is 0.310. The third-order valence-electron chi connectivity index (χ3n) is 7.94. The number of carbonyl (C=O) groups excluding carboxylic acids is 1. The minimum absolute atomic E-state index is 0.0670. The highest BCUT2D eigenvalue weighted by molar-refractivity contribution is 5.84. The molecule has 3 fully saturated rings. The quantitative estimate of drug-likeness (QED) is 0.156. The van der Waals surface area contributed by atoms with E-state index in [0.29, 0.717) is 18.8 Å². The van der Waals surface area contributed by atoms with Crippen molar-refractivity contribution in [3.8, 4) is 0 Å². The average Bonchev–Trinajstić information content (AvgIpc) is 3.37. The lowest BCUT2D eigenvalue weighted by Gasteiger charge is -2.29. The summed E-state index contributed by atoms with van der Waals surface area (Å²) in [6.45, 7) is 10.9. The van der Waals surface area contributed by atoms with E-state index in [4.69, 9.17) is 23.7 Å². The number of piperidine rings is 1. The lowest BCUT2D eigenvalue weighted by atomic mass is 10.1. The maximum absolute atomic E-state index is 13.0. The van der Waals surface area contributed by atoms with Gasteiger partial charge in [-0.3, -0.25) is 15.4 Å². The summed E-state index contributed by atoms with van der Waals surface area (Å²) in [6.07, 6.45) is 6.67. The van der Waals surface area contributed by atoms with Crippen molar-refractivity contribution in [2.75, 3.05) is 51.3 Å². The van der Waals surface area contributed by atoms with Gasteiger partial charge in [0.1, 0.15) is 12.7 Å². The number of amides is 1. The number of fused-ring (bicyclic) bond motifs is 1. The van der Waals surface area contributed by atoms with Gasteiger partial charge < -0.3 is 33.9 Å². The number of nitro benzene ring substituents is 1. The second-order valence-corrected chi connectivity index (χ2v) is 11.9. The third-order valence-corrected chi connectivity index (χ3v) is 7.94. The number of nitro groups is 1. The lowest BCUT2D eigenvalue weighted by molar-refractivity contribution is -0.384. The molecule has 236 valence electrons. The van der Waals surface area contributed by atoms with E-state index in [1.165, 1.54) is 62.8 Å². The van der Waals surface area contributed by atoms with Crippen molar-refractivity contribution >= 4 is 17.5 Å². The number of carbonyl (C=O) groups is 1. The fourth-order valence-electron chi connectivity index (χ4n) is 5.89. The largest absolute Gasteiger partial charge is 0.440 e. The van der Waals surface area contributed by atoms with Crippen LogP contribution in [0.15, 0.2) is 24.3 Å². The van der Waals surface area contributed by atoms with E-state index in [1.807, 2.05) is 0 Å². The van der Waals surface area contributed by atoms with Gasteiger partial charge in [-0.15, -0.1) is 0 Å². The van der Waals surface area contributed by atoms with Crippen molar-refractivity contribution in [3.05, 3.63) is 34.4 Å². The van der Waals surface area contributed by atoms with E-state index in [0.717, 1.165) is 39.0 Å². The Morgan fingerprint density at radius 2 is 1.83 bits per heavy atom. The fraction of sp³-hybridized carbons (Fsp3) is 0.767. The lowest BCUT2D eigenvalue weighted by Crippen LogP contribution is -2.46. The molecule has 4 atom stereocenters. The van der Waals surface area contributed by atoms with Crippen LogP contribution in [-0.2, 0) is 23.7 Å². The Morgan fingerprint density at radius 3 is 2.55 bits per heavy atom. The first-order chi connectivity index (χ1) is 20.2. The number of nitrogens with zero attached hydrogens (tertiary/aromatic N) is 2.